The van der Waals surface area contributed by atoms with Gasteiger partial charge in [0.1, 0.15) is 0 Å². The Kier molecular flexibility index (Phi) is 3.89. The van der Waals surface area contributed by atoms with Crippen molar-refractivity contribution in [3.63, 3.8) is 0 Å². The average molecular weight is 241 g/mol. The summed E-state index contributed by atoms with van der Waals surface area (Å²) in [7, 11) is 0. The van der Waals surface area contributed by atoms with Gasteiger partial charge in [-0.05, 0) is 6.92 Å². The average Bonchev–Trinajstić information content (AvgIpc) is 2.60. The second kappa shape index (κ2) is 4.77. The molecule has 1 unspecified atom stereocenters. The van der Waals surface area contributed by atoms with Crippen LogP contribution in [0.1, 0.15) is 11.8 Å². The summed E-state index contributed by atoms with van der Waals surface area (Å²) < 4.78 is 40.8. The quantitative estimate of drug-likeness (QED) is 0.624. The number of nitrogens with two attached hydrogens (primary N) is 1. The third-order valence-corrected chi connectivity index (χ3v) is 2.52. The van der Waals surface area contributed by atoms with Crippen LogP contribution in [-0.2, 0) is 11.3 Å². The highest BCUT2D eigenvalue weighted by Gasteiger charge is 2.36. The normalized spacial score (nSPS) is 13.9. The van der Waals surface area contributed by atoms with Crippen molar-refractivity contribution in [3.8, 4) is 0 Å². The zero-order valence-electron chi connectivity index (χ0n) is 7.84. The molecule has 0 fully saturated rings. The smallest absolute Gasteiger partial charge is 0.364 e. The first-order chi connectivity index (χ1) is 6.93. The number of hydrazine groups is 1. The molecular weight excluding hydrogens is 231 g/mol. The SMILES string of the molecule is CC(OCc1cnc(NN)s1)C(F)(F)F. The molecule has 0 saturated carbocycles. The van der Waals surface area contributed by atoms with E-state index in [4.69, 9.17) is 5.84 Å². The van der Waals surface area contributed by atoms with Crippen molar-refractivity contribution in [3.05, 3.63) is 11.1 Å². The molecule has 0 radical (unpaired) electrons. The summed E-state index contributed by atoms with van der Waals surface area (Å²) in [6, 6.07) is 0. The maximum absolute atomic E-state index is 12.1. The van der Waals surface area contributed by atoms with Crippen LogP contribution < -0.4 is 11.3 Å². The maximum Gasteiger partial charge on any atom is 0.414 e. The summed E-state index contributed by atoms with van der Waals surface area (Å²) in [6.07, 6.45) is -4.70. The van der Waals surface area contributed by atoms with E-state index in [1.165, 1.54) is 6.20 Å². The van der Waals surface area contributed by atoms with E-state index < -0.39 is 12.3 Å². The molecule has 1 heterocycles. The molecule has 0 aliphatic carbocycles. The first-order valence-electron chi connectivity index (χ1n) is 4.03. The van der Waals surface area contributed by atoms with Gasteiger partial charge in [-0.2, -0.15) is 13.2 Å². The predicted molar refractivity (Wildman–Crippen MR) is 50.2 cm³/mol. The molecule has 15 heavy (non-hydrogen) atoms. The summed E-state index contributed by atoms with van der Waals surface area (Å²) in [5, 5.41) is 0.438. The monoisotopic (exact) mass is 241 g/mol. The Morgan fingerprint density at radius 1 is 1.67 bits per heavy atom. The maximum atomic E-state index is 12.1. The van der Waals surface area contributed by atoms with Crippen molar-refractivity contribution < 1.29 is 17.9 Å². The predicted octanol–water partition coefficient (Wildman–Crippen LogP) is 1.90. The van der Waals surface area contributed by atoms with Crippen LogP contribution in [0.3, 0.4) is 0 Å². The Morgan fingerprint density at radius 3 is 2.80 bits per heavy atom. The van der Waals surface area contributed by atoms with Gasteiger partial charge in [0.25, 0.3) is 0 Å². The van der Waals surface area contributed by atoms with E-state index in [0.717, 1.165) is 18.3 Å². The fraction of sp³-hybridized carbons (Fsp3) is 0.571. The van der Waals surface area contributed by atoms with Crippen LogP contribution in [0.15, 0.2) is 6.20 Å². The molecule has 86 valence electrons. The van der Waals surface area contributed by atoms with Crippen LogP contribution in [0, 0.1) is 0 Å². The van der Waals surface area contributed by atoms with Crippen LogP contribution in [0.2, 0.25) is 0 Å². The Hall–Kier alpha value is -0.860. The number of anilines is 1. The van der Waals surface area contributed by atoms with Crippen molar-refractivity contribution in [2.24, 2.45) is 5.84 Å². The standard InChI is InChI=1S/C7H10F3N3OS/c1-4(7(8,9)10)14-3-5-2-12-6(13-11)15-5/h2,4H,3,11H2,1H3,(H,12,13). The van der Waals surface area contributed by atoms with Gasteiger partial charge >= 0.3 is 6.18 Å². The Morgan fingerprint density at radius 2 is 2.33 bits per heavy atom. The molecule has 0 aliphatic heterocycles. The molecule has 1 aromatic rings. The molecule has 3 N–H and O–H groups in total. The zero-order valence-corrected chi connectivity index (χ0v) is 8.65. The van der Waals surface area contributed by atoms with Gasteiger partial charge in [0.05, 0.1) is 11.5 Å². The molecule has 0 amide bonds. The number of rotatable bonds is 4. The van der Waals surface area contributed by atoms with Gasteiger partial charge in [0, 0.05) is 6.20 Å². The molecule has 0 aromatic carbocycles. The fourth-order valence-corrected chi connectivity index (χ4v) is 1.39. The topological polar surface area (TPSA) is 60.2 Å². The fourth-order valence-electron chi connectivity index (χ4n) is 0.743. The van der Waals surface area contributed by atoms with Crippen molar-refractivity contribution in [2.45, 2.75) is 25.8 Å². The van der Waals surface area contributed by atoms with Crippen LogP contribution >= 0.6 is 11.3 Å². The van der Waals surface area contributed by atoms with Gasteiger partial charge in [0.2, 0.25) is 0 Å². The van der Waals surface area contributed by atoms with E-state index >= 15 is 0 Å². The van der Waals surface area contributed by atoms with E-state index in [2.05, 4.69) is 15.1 Å². The third-order valence-electron chi connectivity index (χ3n) is 1.61. The lowest BCUT2D eigenvalue weighted by Crippen LogP contribution is -2.28. The minimum atomic E-state index is -4.33. The minimum absolute atomic E-state index is 0.125. The highest BCUT2D eigenvalue weighted by atomic mass is 32.1. The van der Waals surface area contributed by atoms with Gasteiger partial charge in [-0.1, -0.05) is 11.3 Å². The summed E-state index contributed by atoms with van der Waals surface area (Å²) in [4.78, 5) is 4.38. The molecule has 1 aromatic heterocycles. The molecule has 4 nitrogen and oxygen atoms in total. The number of alkyl halides is 3. The van der Waals surface area contributed by atoms with Crippen molar-refractivity contribution in [1.82, 2.24) is 4.98 Å². The Labute approximate surface area is 88.2 Å². The minimum Gasteiger partial charge on any atom is -0.364 e. The molecule has 1 rings (SSSR count). The molecule has 8 heteroatoms. The Balaban J connectivity index is 2.43. The second-order valence-electron chi connectivity index (χ2n) is 2.77. The second-order valence-corrected chi connectivity index (χ2v) is 3.89. The van der Waals surface area contributed by atoms with Gasteiger partial charge in [-0.25, -0.2) is 10.8 Å². The van der Waals surface area contributed by atoms with Crippen molar-refractivity contribution in [2.75, 3.05) is 5.43 Å². The van der Waals surface area contributed by atoms with Gasteiger partial charge in [-0.3, -0.25) is 5.43 Å². The summed E-state index contributed by atoms with van der Waals surface area (Å²) >= 11 is 1.15. The molecular formula is C7H10F3N3OS. The zero-order chi connectivity index (χ0) is 11.5. The lowest BCUT2D eigenvalue weighted by Gasteiger charge is -2.15. The van der Waals surface area contributed by atoms with Crippen LogP contribution in [0.5, 0.6) is 0 Å². The number of hydrogen-bond acceptors (Lipinski definition) is 5. The van der Waals surface area contributed by atoms with Crippen LogP contribution in [0.4, 0.5) is 18.3 Å². The number of nitrogens with one attached hydrogen (secondary N) is 1. The van der Waals surface area contributed by atoms with E-state index in [-0.39, 0.29) is 6.61 Å². The van der Waals surface area contributed by atoms with Crippen LogP contribution in [0.25, 0.3) is 0 Å². The van der Waals surface area contributed by atoms with Crippen molar-refractivity contribution >= 4 is 16.5 Å². The Bertz CT molecular complexity index is 315. The highest BCUT2D eigenvalue weighted by molar-refractivity contribution is 7.15. The number of nitrogens with zero attached hydrogens (tertiary/aromatic N) is 1. The number of nitrogen functional groups attached to an aromatic ring is 1. The lowest BCUT2D eigenvalue weighted by molar-refractivity contribution is -0.217. The number of hydrogen-bond donors (Lipinski definition) is 2. The number of halogens is 3. The molecule has 0 aliphatic rings. The number of ether oxygens (including phenoxy) is 1. The summed E-state index contributed by atoms with van der Waals surface area (Å²) in [6.45, 7) is 0.836. The van der Waals surface area contributed by atoms with Gasteiger partial charge in [-0.15, -0.1) is 0 Å². The molecule has 0 saturated heterocycles. The van der Waals surface area contributed by atoms with Crippen molar-refractivity contribution in [1.29, 1.82) is 0 Å². The van der Waals surface area contributed by atoms with E-state index in [0.29, 0.717) is 10.0 Å². The van der Waals surface area contributed by atoms with Crippen LogP contribution in [-0.4, -0.2) is 17.3 Å². The summed E-state index contributed by atoms with van der Waals surface area (Å²) in [5.74, 6) is 5.07. The number of thiazole rings is 1. The lowest BCUT2D eigenvalue weighted by atomic mass is 10.4. The molecule has 0 spiro atoms. The number of aromatic nitrogens is 1. The summed E-state index contributed by atoms with van der Waals surface area (Å²) in [5.41, 5.74) is 2.29. The third kappa shape index (κ3) is 3.65. The highest BCUT2D eigenvalue weighted by Crippen LogP contribution is 2.24. The van der Waals surface area contributed by atoms with E-state index in [1.54, 1.807) is 0 Å². The first-order valence-corrected chi connectivity index (χ1v) is 4.84. The molecule has 1 atom stereocenters. The van der Waals surface area contributed by atoms with E-state index in [1.807, 2.05) is 0 Å². The largest absolute Gasteiger partial charge is 0.414 e. The van der Waals surface area contributed by atoms with Gasteiger partial charge in [0.15, 0.2) is 11.2 Å². The van der Waals surface area contributed by atoms with E-state index in [9.17, 15) is 13.2 Å². The van der Waals surface area contributed by atoms with Gasteiger partial charge < -0.3 is 4.74 Å². The molecule has 0 bridgehead atoms. The first kappa shape index (κ1) is 12.2.